The number of aliphatic carboxylic acids is 1. The van der Waals surface area contributed by atoms with Crippen LogP contribution in [0.2, 0.25) is 0 Å². The Kier molecular flexibility index (Phi) is 8.78. The highest BCUT2D eigenvalue weighted by atomic mass is 16.6. The van der Waals surface area contributed by atoms with Crippen molar-refractivity contribution in [3.05, 3.63) is 35.9 Å². The summed E-state index contributed by atoms with van der Waals surface area (Å²) in [6.07, 6.45) is -0.0254. The second-order valence-electron chi connectivity index (χ2n) is 7.28. The molecule has 2 N–H and O–H groups in total. The summed E-state index contributed by atoms with van der Waals surface area (Å²) in [6, 6.07) is 8.68. The number of nitrogens with one attached hydrogen (secondary N) is 1. The molecule has 27 heavy (non-hydrogen) atoms. The minimum Gasteiger partial charge on any atom is -0.480 e. The molecule has 1 rings (SSSR count). The van der Waals surface area contributed by atoms with Crippen LogP contribution in [-0.4, -0.2) is 52.7 Å². The highest BCUT2D eigenvalue weighted by molar-refractivity contribution is 5.81. The monoisotopic (exact) mass is 378 g/mol. The van der Waals surface area contributed by atoms with Crippen molar-refractivity contribution in [3.63, 3.8) is 0 Å². The van der Waals surface area contributed by atoms with Gasteiger partial charge in [0, 0.05) is 19.5 Å². The number of nitrogens with zero attached hydrogens (tertiary/aromatic N) is 1. The largest absolute Gasteiger partial charge is 0.480 e. The fourth-order valence-corrected chi connectivity index (χ4v) is 2.50. The first-order chi connectivity index (χ1) is 12.6. The summed E-state index contributed by atoms with van der Waals surface area (Å²) in [6.45, 7) is 8.07. The summed E-state index contributed by atoms with van der Waals surface area (Å²) in [4.78, 5) is 37.3. The molecule has 0 aliphatic heterocycles. The number of carboxylic acids is 1. The van der Waals surface area contributed by atoms with Gasteiger partial charge in [-0.25, -0.2) is 9.59 Å². The first kappa shape index (κ1) is 22.5. The van der Waals surface area contributed by atoms with Crippen LogP contribution < -0.4 is 5.32 Å². The average molecular weight is 378 g/mol. The molecule has 0 heterocycles. The van der Waals surface area contributed by atoms with Crippen molar-refractivity contribution in [2.75, 3.05) is 13.1 Å². The van der Waals surface area contributed by atoms with Gasteiger partial charge in [0.1, 0.15) is 11.6 Å². The van der Waals surface area contributed by atoms with E-state index in [1.165, 1.54) is 0 Å². The van der Waals surface area contributed by atoms with Gasteiger partial charge in [-0.05, 0) is 46.1 Å². The van der Waals surface area contributed by atoms with Gasteiger partial charge >= 0.3 is 12.1 Å². The van der Waals surface area contributed by atoms with Crippen molar-refractivity contribution in [1.29, 1.82) is 0 Å². The molecular formula is C20H30N2O5. The second-order valence-corrected chi connectivity index (χ2v) is 7.28. The summed E-state index contributed by atoms with van der Waals surface area (Å²) >= 11 is 0. The maximum Gasteiger partial charge on any atom is 0.408 e. The molecule has 2 amide bonds. The van der Waals surface area contributed by atoms with E-state index in [0.717, 1.165) is 12.0 Å². The fraction of sp³-hybridized carbons (Fsp3) is 0.550. The molecule has 0 saturated heterocycles. The molecule has 1 atom stereocenters. The van der Waals surface area contributed by atoms with Gasteiger partial charge in [-0.2, -0.15) is 0 Å². The molecule has 0 spiro atoms. The van der Waals surface area contributed by atoms with E-state index >= 15 is 0 Å². The summed E-state index contributed by atoms with van der Waals surface area (Å²) < 4.78 is 5.07. The van der Waals surface area contributed by atoms with E-state index in [1.54, 1.807) is 25.7 Å². The van der Waals surface area contributed by atoms with Crippen molar-refractivity contribution in [2.45, 2.75) is 58.6 Å². The molecule has 0 unspecified atom stereocenters. The van der Waals surface area contributed by atoms with Crippen molar-refractivity contribution in [2.24, 2.45) is 0 Å². The van der Waals surface area contributed by atoms with Crippen LogP contribution in [0, 0.1) is 0 Å². The number of rotatable bonds is 9. The van der Waals surface area contributed by atoms with Crippen molar-refractivity contribution in [1.82, 2.24) is 10.2 Å². The number of hydrogen-bond donors (Lipinski definition) is 2. The van der Waals surface area contributed by atoms with E-state index in [2.05, 4.69) is 5.32 Å². The minimum atomic E-state index is -1.19. The van der Waals surface area contributed by atoms with Crippen LogP contribution in [0.25, 0.3) is 0 Å². The van der Waals surface area contributed by atoms with Crippen LogP contribution in [0.3, 0.4) is 0 Å². The maximum atomic E-state index is 12.4. The van der Waals surface area contributed by atoms with Crippen molar-refractivity contribution < 1.29 is 24.2 Å². The lowest BCUT2D eigenvalue weighted by molar-refractivity contribution is -0.140. The van der Waals surface area contributed by atoms with E-state index in [0.29, 0.717) is 13.1 Å². The van der Waals surface area contributed by atoms with Gasteiger partial charge in [-0.15, -0.1) is 0 Å². The van der Waals surface area contributed by atoms with Crippen LogP contribution in [0.1, 0.15) is 46.1 Å². The summed E-state index contributed by atoms with van der Waals surface area (Å²) in [7, 11) is 0. The average Bonchev–Trinajstić information content (AvgIpc) is 2.58. The Bertz CT molecular complexity index is 625. The lowest BCUT2D eigenvalue weighted by atomic mass is 10.1. The third-order valence-electron chi connectivity index (χ3n) is 3.88. The zero-order chi connectivity index (χ0) is 20.4. The predicted octanol–water partition coefficient (Wildman–Crippen LogP) is 2.84. The lowest BCUT2D eigenvalue weighted by Gasteiger charge is -2.23. The van der Waals surface area contributed by atoms with Gasteiger partial charge in [0.05, 0.1) is 0 Å². The molecule has 0 aliphatic rings. The molecule has 0 bridgehead atoms. The molecule has 0 radical (unpaired) electrons. The number of hydrogen-bond acceptors (Lipinski definition) is 4. The SMILES string of the molecule is CCN(CCc1ccccc1)C(=O)CC[C@H](NC(=O)OC(C)(C)C)C(=O)O. The smallest absolute Gasteiger partial charge is 0.408 e. The normalized spacial score (nSPS) is 12.1. The number of ether oxygens (including phenoxy) is 1. The van der Waals surface area contributed by atoms with Gasteiger partial charge in [0.15, 0.2) is 0 Å². The molecule has 0 fully saturated rings. The molecule has 7 heteroatoms. The van der Waals surface area contributed by atoms with Crippen LogP contribution >= 0.6 is 0 Å². The van der Waals surface area contributed by atoms with Gasteiger partial charge in [-0.1, -0.05) is 30.3 Å². The number of likely N-dealkylation sites (N-methyl/N-ethyl adjacent to an activating group) is 1. The number of alkyl carbamates (subject to hydrolysis) is 1. The highest BCUT2D eigenvalue weighted by Gasteiger charge is 2.25. The topological polar surface area (TPSA) is 95.9 Å². The van der Waals surface area contributed by atoms with E-state index in [9.17, 15) is 19.5 Å². The third kappa shape index (κ3) is 9.08. The molecule has 1 aromatic rings. The number of carbonyl (C=O) groups excluding carboxylic acids is 2. The van der Waals surface area contributed by atoms with E-state index in [-0.39, 0.29) is 18.7 Å². The molecule has 0 aromatic heterocycles. The number of benzene rings is 1. The van der Waals surface area contributed by atoms with Crippen molar-refractivity contribution >= 4 is 18.0 Å². The molecular weight excluding hydrogens is 348 g/mol. The third-order valence-corrected chi connectivity index (χ3v) is 3.88. The lowest BCUT2D eigenvalue weighted by Crippen LogP contribution is -2.44. The zero-order valence-electron chi connectivity index (χ0n) is 16.5. The molecule has 0 saturated carbocycles. The molecule has 1 aromatic carbocycles. The van der Waals surface area contributed by atoms with Gasteiger partial charge < -0.3 is 20.1 Å². The maximum absolute atomic E-state index is 12.4. The van der Waals surface area contributed by atoms with E-state index in [4.69, 9.17) is 4.74 Å². The van der Waals surface area contributed by atoms with Crippen molar-refractivity contribution in [3.8, 4) is 0 Å². The Labute approximate surface area is 160 Å². The number of carbonyl (C=O) groups is 3. The molecule has 0 aliphatic carbocycles. The summed E-state index contributed by atoms with van der Waals surface area (Å²) in [5, 5.41) is 11.6. The highest BCUT2D eigenvalue weighted by Crippen LogP contribution is 2.09. The van der Waals surface area contributed by atoms with Crippen LogP contribution in [-0.2, 0) is 20.7 Å². The first-order valence-electron chi connectivity index (χ1n) is 9.16. The fourth-order valence-electron chi connectivity index (χ4n) is 2.50. The Morgan fingerprint density at radius 1 is 1.19 bits per heavy atom. The van der Waals surface area contributed by atoms with Gasteiger partial charge in [0.25, 0.3) is 0 Å². The Morgan fingerprint density at radius 3 is 2.33 bits per heavy atom. The molecule has 150 valence electrons. The van der Waals surface area contributed by atoms with Crippen LogP contribution in [0.15, 0.2) is 30.3 Å². The number of carboxylic acid groups (broad SMARTS) is 1. The Morgan fingerprint density at radius 2 is 1.81 bits per heavy atom. The zero-order valence-corrected chi connectivity index (χ0v) is 16.5. The van der Waals surface area contributed by atoms with E-state index < -0.39 is 23.7 Å². The Balaban J connectivity index is 2.53. The van der Waals surface area contributed by atoms with Crippen LogP contribution in [0.4, 0.5) is 4.79 Å². The minimum absolute atomic E-state index is 0.00917. The predicted molar refractivity (Wildman–Crippen MR) is 102 cm³/mol. The summed E-state index contributed by atoms with van der Waals surface area (Å²) in [5.41, 5.74) is 0.415. The first-order valence-corrected chi connectivity index (χ1v) is 9.16. The molecule has 7 nitrogen and oxygen atoms in total. The Hall–Kier alpha value is -2.57. The standard InChI is InChI=1S/C20H30N2O5/c1-5-22(14-13-15-9-7-6-8-10-15)17(23)12-11-16(18(24)25)21-19(26)27-20(2,3)4/h6-10,16H,5,11-14H2,1-4H3,(H,21,26)(H,24,25)/t16-/m0/s1. The van der Waals surface area contributed by atoms with Crippen LogP contribution in [0.5, 0.6) is 0 Å². The number of amides is 2. The second kappa shape index (κ2) is 10.5. The van der Waals surface area contributed by atoms with Gasteiger partial charge in [-0.3, -0.25) is 4.79 Å². The van der Waals surface area contributed by atoms with E-state index in [1.807, 2.05) is 37.3 Å². The van der Waals surface area contributed by atoms with Gasteiger partial charge in [0.2, 0.25) is 5.91 Å². The summed E-state index contributed by atoms with van der Waals surface area (Å²) in [5.74, 6) is -1.33. The quantitative estimate of drug-likeness (QED) is 0.689.